The summed E-state index contributed by atoms with van der Waals surface area (Å²) in [5.41, 5.74) is 0.833. The van der Waals surface area contributed by atoms with E-state index in [1.807, 2.05) is 13.0 Å². The first-order valence-corrected chi connectivity index (χ1v) is 12.9. The van der Waals surface area contributed by atoms with Crippen molar-refractivity contribution in [3.05, 3.63) is 76.1 Å². The summed E-state index contributed by atoms with van der Waals surface area (Å²) in [4.78, 5) is 27.6. The zero-order valence-corrected chi connectivity index (χ0v) is 22.9. The Labute approximate surface area is 229 Å². The third kappa shape index (κ3) is 6.55. The van der Waals surface area contributed by atoms with Crippen molar-refractivity contribution in [2.75, 3.05) is 18.4 Å². The summed E-state index contributed by atoms with van der Waals surface area (Å²) >= 11 is 6.37. The molecule has 0 radical (unpaired) electrons. The number of hydrogen-bond donors (Lipinski definition) is 1. The Morgan fingerprint density at radius 1 is 1.08 bits per heavy atom. The van der Waals surface area contributed by atoms with Gasteiger partial charge in [-0.2, -0.15) is 18.3 Å². The molecule has 2 aromatic carbocycles. The highest BCUT2D eigenvalue weighted by molar-refractivity contribution is 6.31. The molecular formula is C28H30ClF3N4O3. The summed E-state index contributed by atoms with van der Waals surface area (Å²) in [6.07, 6.45) is -2.45. The molecule has 3 aromatic rings. The fourth-order valence-corrected chi connectivity index (χ4v) is 4.75. The van der Waals surface area contributed by atoms with Gasteiger partial charge in [-0.3, -0.25) is 4.79 Å². The van der Waals surface area contributed by atoms with Crippen molar-refractivity contribution >= 4 is 29.3 Å². The third-order valence-corrected chi connectivity index (χ3v) is 6.91. The number of ether oxygens (including phenoxy) is 1. The Morgan fingerprint density at radius 3 is 2.38 bits per heavy atom. The number of carbonyl (C=O) groups is 2. The van der Waals surface area contributed by atoms with Crippen LogP contribution in [0.2, 0.25) is 5.02 Å². The lowest BCUT2D eigenvalue weighted by Gasteiger charge is -2.34. The van der Waals surface area contributed by atoms with E-state index < -0.39 is 29.3 Å². The van der Waals surface area contributed by atoms with Gasteiger partial charge in [0.1, 0.15) is 5.60 Å². The molecule has 208 valence electrons. The highest BCUT2D eigenvalue weighted by Gasteiger charge is 2.33. The van der Waals surface area contributed by atoms with Crippen molar-refractivity contribution in [3.63, 3.8) is 0 Å². The summed E-state index contributed by atoms with van der Waals surface area (Å²) in [7, 11) is 0. The number of hydrogen-bond acceptors (Lipinski definition) is 4. The zero-order valence-electron chi connectivity index (χ0n) is 22.1. The van der Waals surface area contributed by atoms with Gasteiger partial charge in [0.25, 0.3) is 5.91 Å². The molecule has 1 aliphatic heterocycles. The molecule has 1 saturated heterocycles. The van der Waals surface area contributed by atoms with Crippen molar-refractivity contribution in [1.29, 1.82) is 0 Å². The summed E-state index contributed by atoms with van der Waals surface area (Å²) in [6.45, 7) is 8.08. The van der Waals surface area contributed by atoms with Gasteiger partial charge < -0.3 is 15.0 Å². The summed E-state index contributed by atoms with van der Waals surface area (Å²) in [5, 5.41) is 7.62. The van der Waals surface area contributed by atoms with Crippen LogP contribution in [-0.4, -0.2) is 45.4 Å². The molecule has 0 atom stereocenters. The van der Waals surface area contributed by atoms with Crippen LogP contribution in [0.25, 0.3) is 5.69 Å². The molecule has 39 heavy (non-hydrogen) atoms. The molecule has 2 amide bonds. The molecule has 1 aromatic heterocycles. The van der Waals surface area contributed by atoms with Gasteiger partial charge in [-0.1, -0.05) is 23.7 Å². The van der Waals surface area contributed by atoms with E-state index in [1.54, 1.807) is 42.5 Å². The lowest BCUT2D eigenvalue weighted by molar-refractivity contribution is -0.137. The first kappa shape index (κ1) is 28.5. The summed E-state index contributed by atoms with van der Waals surface area (Å²) in [5.74, 6) is -0.739. The SMILES string of the molecule is Cc1c(Cl)cccc1-n1ncc(C(=O)Nc2cccc(C(F)(F)F)c2)c1C1CCN(C(=O)OC(C)(C)C)CC1. The number of anilines is 1. The molecule has 1 fully saturated rings. The van der Waals surface area contributed by atoms with Gasteiger partial charge in [-0.15, -0.1) is 0 Å². The maximum atomic E-state index is 13.4. The van der Waals surface area contributed by atoms with E-state index in [0.717, 1.165) is 17.7 Å². The van der Waals surface area contributed by atoms with Crippen LogP contribution in [0.15, 0.2) is 48.7 Å². The molecule has 2 heterocycles. The number of halogens is 4. The van der Waals surface area contributed by atoms with Gasteiger partial charge in [0.2, 0.25) is 0 Å². The molecule has 0 bridgehead atoms. The molecule has 1 N–H and O–H groups in total. The highest BCUT2D eigenvalue weighted by Crippen LogP contribution is 2.35. The molecule has 0 aliphatic carbocycles. The second-order valence-electron chi connectivity index (χ2n) is 10.5. The van der Waals surface area contributed by atoms with E-state index >= 15 is 0 Å². The van der Waals surface area contributed by atoms with Crippen LogP contribution in [0.1, 0.15) is 66.7 Å². The van der Waals surface area contributed by atoms with Gasteiger partial charge in [0, 0.05) is 29.7 Å². The van der Waals surface area contributed by atoms with E-state index in [0.29, 0.717) is 42.3 Å². The molecule has 0 spiro atoms. The molecule has 4 rings (SSSR count). The number of likely N-dealkylation sites (tertiary alicyclic amines) is 1. The number of rotatable bonds is 4. The van der Waals surface area contributed by atoms with Crippen LogP contribution < -0.4 is 5.32 Å². The number of benzene rings is 2. The molecule has 0 saturated carbocycles. The minimum Gasteiger partial charge on any atom is -0.444 e. The Hall–Kier alpha value is -3.53. The van der Waals surface area contributed by atoms with Crippen LogP contribution in [0.4, 0.5) is 23.7 Å². The standard InChI is InChI=1S/C28H30ClF3N4O3/c1-17-22(29)9-6-10-23(17)36-24(18-11-13-35(14-12-18)26(38)39-27(2,3)4)21(16-33-36)25(37)34-20-8-5-7-19(15-20)28(30,31)32/h5-10,15-16,18H,11-14H2,1-4H3,(H,34,37). The van der Waals surface area contributed by atoms with Crippen LogP contribution >= 0.6 is 11.6 Å². The fraction of sp³-hybridized carbons (Fsp3) is 0.393. The molecule has 1 aliphatic rings. The zero-order chi connectivity index (χ0) is 28.5. The third-order valence-electron chi connectivity index (χ3n) is 6.50. The van der Waals surface area contributed by atoms with E-state index in [2.05, 4.69) is 10.4 Å². The summed E-state index contributed by atoms with van der Waals surface area (Å²) in [6, 6.07) is 9.85. The van der Waals surface area contributed by atoms with Crippen molar-refractivity contribution in [3.8, 4) is 5.69 Å². The number of aromatic nitrogens is 2. The number of nitrogens with one attached hydrogen (secondary N) is 1. The topological polar surface area (TPSA) is 76.5 Å². The van der Waals surface area contributed by atoms with Gasteiger partial charge in [-0.25, -0.2) is 9.48 Å². The average molecular weight is 563 g/mol. The Balaban J connectivity index is 1.66. The predicted molar refractivity (Wildman–Crippen MR) is 142 cm³/mol. The summed E-state index contributed by atoms with van der Waals surface area (Å²) < 4.78 is 46.8. The largest absolute Gasteiger partial charge is 0.444 e. The van der Waals surface area contributed by atoms with E-state index in [9.17, 15) is 22.8 Å². The second-order valence-corrected chi connectivity index (χ2v) is 10.9. The lowest BCUT2D eigenvalue weighted by atomic mass is 9.90. The van der Waals surface area contributed by atoms with Crippen molar-refractivity contribution in [2.45, 2.75) is 58.2 Å². The number of alkyl halides is 3. The van der Waals surface area contributed by atoms with Crippen LogP contribution in [0.3, 0.4) is 0 Å². The molecular weight excluding hydrogens is 533 g/mol. The number of carbonyl (C=O) groups excluding carboxylic acids is 2. The van der Waals surface area contributed by atoms with Crippen LogP contribution in [0.5, 0.6) is 0 Å². The predicted octanol–water partition coefficient (Wildman–Crippen LogP) is 7.22. The first-order chi connectivity index (χ1) is 18.2. The Morgan fingerprint density at radius 2 is 1.74 bits per heavy atom. The molecule has 0 unspecified atom stereocenters. The molecule has 7 nitrogen and oxygen atoms in total. The van der Waals surface area contributed by atoms with Gasteiger partial charge in [0.05, 0.1) is 28.7 Å². The van der Waals surface area contributed by atoms with E-state index in [-0.39, 0.29) is 17.2 Å². The minimum atomic E-state index is -4.54. The quantitative estimate of drug-likeness (QED) is 0.364. The maximum Gasteiger partial charge on any atom is 0.416 e. The van der Waals surface area contributed by atoms with Gasteiger partial charge in [-0.05, 0) is 76.4 Å². The van der Waals surface area contributed by atoms with Crippen LogP contribution in [-0.2, 0) is 10.9 Å². The highest BCUT2D eigenvalue weighted by atomic mass is 35.5. The lowest BCUT2D eigenvalue weighted by Crippen LogP contribution is -2.41. The smallest absolute Gasteiger partial charge is 0.416 e. The van der Waals surface area contributed by atoms with Gasteiger partial charge >= 0.3 is 12.3 Å². The average Bonchev–Trinajstić information content (AvgIpc) is 3.29. The number of nitrogens with zero attached hydrogens (tertiary/aromatic N) is 3. The van der Waals surface area contributed by atoms with Crippen molar-refractivity contribution in [2.24, 2.45) is 0 Å². The monoisotopic (exact) mass is 562 g/mol. The maximum absolute atomic E-state index is 13.4. The van der Waals surface area contributed by atoms with Crippen molar-refractivity contribution in [1.82, 2.24) is 14.7 Å². The van der Waals surface area contributed by atoms with E-state index in [4.69, 9.17) is 16.3 Å². The van der Waals surface area contributed by atoms with Gasteiger partial charge in [0.15, 0.2) is 0 Å². The van der Waals surface area contributed by atoms with Crippen molar-refractivity contribution < 1.29 is 27.5 Å². The second kappa shape index (κ2) is 10.9. The molecule has 11 heteroatoms. The normalized spacial score (nSPS) is 14.8. The number of amides is 2. The minimum absolute atomic E-state index is 0.0206. The fourth-order valence-electron chi connectivity index (χ4n) is 4.58. The Bertz CT molecular complexity index is 1370. The van der Waals surface area contributed by atoms with Crippen LogP contribution in [0, 0.1) is 6.92 Å². The van der Waals surface area contributed by atoms with E-state index in [1.165, 1.54) is 18.3 Å². The first-order valence-electron chi connectivity index (χ1n) is 12.5. The Kier molecular flexibility index (Phi) is 7.97. The number of piperidine rings is 1.